The summed E-state index contributed by atoms with van der Waals surface area (Å²) in [7, 11) is 1.84. The number of nitrogens with zero attached hydrogens (tertiary/aromatic N) is 6. The van der Waals surface area contributed by atoms with Crippen LogP contribution in [-0.4, -0.2) is 50.3 Å². The van der Waals surface area contributed by atoms with Crippen molar-refractivity contribution < 1.29 is 13.9 Å². The quantitative estimate of drug-likeness (QED) is 0.432. The maximum absolute atomic E-state index is 14.8. The van der Waals surface area contributed by atoms with Crippen molar-refractivity contribution in [3.63, 3.8) is 0 Å². The summed E-state index contributed by atoms with van der Waals surface area (Å²) in [5.74, 6) is -0.447. The lowest BCUT2D eigenvalue weighted by Gasteiger charge is -2.33. The normalized spacial score (nSPS) is 15.7. The van der Waals surface area contributed by atoms with Gasteiger partial charge in [0, 0.05) is 61.1 Å². The maximum Gasteiger partial charge on any atom is 0.274 e. The van der Waals surface area contributed by atoms with Gasteiger partial charge in [-0.3, -0.25) is 14.5 Å². The van der Waals surface area contributed by atoms with E-state index in [9.17, 15) is 9.18 Å². The lowest BCUT2D eigenvalue weighted by molar-refractivity contribution is 0.0395. The second kappa shape index (κ2) is 10.00. The van der Waals surface area contributed by atoms with Gasteiger partial charge in [0.1, 0.15) is 23.4 Å². The fraction of sp³-hybridized carbons (Fsp3) is 0.240. The van der Waals surface area contributed by atoms with Crippen LogP contribution in [0.4, 0.5) is 15.9 Å². The van der Waals surface area contributed by atoms with E-state index in [-0.39, 0.29) is 28.2 Å². The molecular formula is C25H23ClFN7O2. The average molecular weight is 508 g/mol. The molecule has 4 heterocycles. The molecule has 1 N–H and O–H groups in total. The molecule has 0 aliphatic carbocycles. The zero-order valence-corrected chi connectivity index (χ0v) is 20.4. The summed E-state index contributed by atoms with van der Waals surface area (Å²) in [6.45, 7) is 3.32. The minimum absolute atomic E-state index is 0.0858. The number of benzene rings is 1. The number of amides is 1. The molecule has 1 amide bonds. The van der Waals surface area contributed by atoms with Crippen LogP contribution < -0.4 is 10.2 Å². The van der Waals surface area contributed by atoms with Gasteiger partial charge in [-0.05, 0) is 36.8 Å². The monoisotopic (exact) mass is 507 g/mol. The summed E-state index contributed by atoms with van der Waals surface area (Å²) < 4.78 is 22.5. The molecule has 3 aromatic heterocycles. The van der Waals surface area contributed by atoms with E-state index in [1.807, 2.05) is 25.1 Å². The molecule has 0 radical (unpaired) electrons. The molecule has 36 heavy (non-hydrogen) atoms. The first-order valence-electron chi connectivity index (χ1n) is 11.3. The van der Waals surface area contributed by atoms with Crippen LogP contribution in [0.3, 0.4) is 0 Å². The number of pyridine rings is 1. The molecule has 0 saturated carbocycles. The van der Waals surface area contributed by atoms with Crippen LogP contribution >= 0.6 is 11.6 Å². The summed E-state index contributed by atoms with van der Waals surface area (Å²) in [5, 5.41) is 7.34. The van der Waals surface area contributed by atoms with Crippen molar-refractivity contribution in [2.75, 3.05) is 29.9 Å². The SMILES string of the molecule is Cc1cnccc1NC(=O)c1cc(N2CCOC(c3cnn(C)c3)C2)nc(-c2ccc(Cl)cc2F)n1. The number of carbonyl (C=O) groups is 1. The number of morpholine rings is 1. The molecule has 1 aliphatic rings. The fourth-order valence-corrected chi connectivity index (χ4v) is 4.13. The number of nitrogens with one attached hydrogen (secondary N) is 1. The summed E-state index contributed by atoms with van der Waals surface area (Å²) in [6, 6.07) is 7.57. The van der Waals surface area contributed by atoms with Gasteiger partial charge < -0.3 is 15.0 Å². The number of aryl methyl sites for hydroxylation is 2. The van der Waals surface area contributed by atoms with Gasteiger partial charge in [-0.2, -0.15) is 5.10 Å². The Morgan fingerprint density at radius 3 is 2.83 bits per heavy atom. The highest BCUT2D eigenvalue weighted by molar-refractivity contribution is 6.30. The average Bonchev–Trinajstić information content (AvgIpc) is 3.31. The first kappa shape index (κ1) is 23.8. The highest BCUT2D eigenvalue weighted by Crippen LogP contribution is 2.29. The number of rotatable bonds is 5. The largest absolute Gasteiger partial charge is 0.370 e. The van der Waals surface area contributed by atoms with E-state index >= 15 is 0 Å². The van der Waals surface area contributed by atoms with Crippen molar-refractivity contribution in [3.05, 3.63) is 82.8 Å². The Balaban J connectivity index is 1.52. The second-order valence-electron chi connectivity index (χ2n) is 8.46. The predicted octanol–water partition coefficient (Wildman–Crippen LogP) is 4.20. The Labute approximate surface area is 211 Å². The van der Waals surface area contributed by atoms with Gasteiger partial charge in [-0.1, -0.05) is 11.6 Å². The van der Waals surface area contributed by atoms with Gasteiger partial charge in [-0.25, -0.2) is 14.4 Å². The highest BCUT2D eigenvalue weighted by Gasteiger charge is 2.26. The van der Waals surface area contributed by atoms with E-state index in [0.29, 0.717) is 31.2 Å². The van der Waals surface area contributed by atoms with Crippen LogP contribution in [0.2, 0.25) is 5.02 Å². The Morgan fingerprint density at radius 1 is 1.22 bits per heavy atom. The topological polar surface area (TPSA) is 98.1 Å². The standard InChI is InChI=1S/C25H23ClFN7O2/c1-15-11-28-6-5-20(15)31-25(35)21-10-23(32-24(30-21)18-4-3-17(26)9-19(18)27)34-7-8-36-22(14-34)16-12-29-33(2)13-16/h3-6,9-13,22H,7-8,14H2,1-2H3,(H,28,31,35). The van der Waals surface area contributed by atoms with E-state index in [1.54, 1.807) is 41.5 Å². The van der Waals surface area contributed by atoms with Crippen molar-refractivity contribution in [3.8, 4) is 11.4 Å². The van der Waals surface area contributed by atoms with Gasteiger partial charge in [0.05, 0.1) is 18.4 Å². The number of hydrogen-bond donors (Lipinski definition) is 1. The summed E-state index contributed by atoms with van der Waals surface area (Å²) in [4.78, 5) is 28.3. The lowest BCUT2D eigenvalue weighted by atomic mass is 10.1. The first-order valence-corrected chi connectivity index (χ1v) is 11.7. The Hall–Kier alpha value is -3.89. The van der Waals surface area contributed by atoms with Crippen LogP contribution in [0, 0.1) is 12.7 Å². The zero-order valence-electron chi connectivity index (χ0n) is 19.7. The van der Waals surface area contributed by atoms with E-state index in [2.05, 4.69) is 25.4 Å². The van der Waals surface area contributed by atoms with Crippen LogP contribution in [0.25, 0.3) is 11.4 Å². The maximum atomic E-state index is 14.8. The smallest absolute Gasteiger partial charge is 0.274 e. The number of halogens is 2. The highest BCUT2D eigenvalue weighted by atomic mass is 35.5. The third kappa shape index (κ3) is 5.05. The van der Waals surface area contributed by atoms with Crippen molar-refractivity contribution in [1.29, 1.82) is 0 Å². The molecule has 1 atom stereocenters. The van der Waals surface area contributed by atoms with Crippen LogP contribution in [0.15, 0.2) is 55.1 Å². The summed E-state index contributed by atoms with van der Waals surface area (Å²) in [5.41, 5.74) is 2.60. The molecule has 1 aliphatic heterocycles. The second-order valence-corrected chi connectivity index (χ2v) is 8.89. The van der Waals surface area contributed by atoms with Gasteiger partial charge in [0.25, 0.3) is 5.91 Å². The predicted molar refractivity (Wildman–Crippen MR) is 133 cm³/mol. The Morgan fingerprint density at radius 2 is 2.08 bits per heavy atom. The van der Waals surface area contributed by atoms with E-state index in [0.717, 1.165) is 11.1 Å². The van der Waals surface area contributed by atoms with E-state index < -0.39 is 11.7 Å². The lowest BCUT2D eigenvalue weighted by Crippen LogP contribution is -2.39. The number of hydrogen-bond acceptors (Lipinski definition) is 7. The Kier molecular flexibility index (Phi) is 6.62. The van der Waals surface area contributed by atoms with Crippen molar-refractivity contribution in [1.82, 2.24) is 24.7 Å². The molecule has 0 spiro atoms. The third-order valence-corrected chi connectivity index (χ3v) is 6.11. The van der Waals surface area contributed by atoms with Crippen molar-refractivity contribution in [2.45, 2.75) is 13.0 Å². The summed E-state index contributed by atoms with van der Waals surface area (Å²) in [6.07, 6.45) is 6.68. The van der Waals surface area contributed by atoms with Crippen molar-refractivity contribution in [2.24, 2.45) is 7.05 Å². The molecule has 4 aromatic rings. The molecule has 1 unspecified atom stereocenters. The van der Waals surface area contributed by atoms with Crippen LogP contribution in [0.5, 0.6) is 0 Å². The van der Waals surface area contributed by atoms with Gasteiger partial charge >= 0.3 is 0 Å². The molecular weight excluding hydrogens is 485 g/mol. The molecule has 11 heteroatoms. The van der Waals surface area contributed by atoms with Crippen LogP contribution in [0.1, 0.15) is 27.7 Å². The van der Waals surface area contributed by atoms with Crippen LogP contribution in [-0.2, 0) is 11.8 Å². The van der Waals surface area contributed by atoms with Gasteiger partial charge in [0.15, 0.2) is 5.82 Å². The zero-order chi connectivity index (χ0) is 25.2. The number of ether oxygens (including phenoxy) is 1. The third-order valence-electron chi connectivity index (χ3n) is 5.87. The fourth-order valence-electron chi connectivity index (χ4n) is 3.97. The molecule has 5 rings (SSSR count). The molecule has 0 bridgehead atoms. The number of carbonyl (C=O) groups excluding carboxylic acids is 1. The molecule has 9 nitrogen and oxygen atoms in total. The van der Waals surface area contributed by atoms with Gasteiger partial charge in [0.2, 0.25) is 0 Å². The minimum Gasteiger partial charge on any atom is -0.370 e. The molecule has 1 aromatic carbocycles. The van der Waals surface area contributed by atoms with Crippen molar-refractivity contribution >= 4 is 29.0 Å². The Bertz CT molecular complexity index is 1430. The molecule has 184 valence electrons. The number of anilines is 2. The molecule has 1 fully saturated rings. The number of aromatic nitrogens is 5. The molecule has 1 saturated heterocycles. The van der Waals surface area contributed by atoms with E-state index in [1.165, 1.54) is 12.1 Å². The summed E-state index contributed by atoms with van der Waals surface area (Å²) >= 11 is 5.94. The van der Waals surface area contributed by atoms with Gasteiger partial charge in [-0.15, -0.1) is 0 Å². The van der Waals surface area contributed by atoms with E-state index in [4.69, 9.17) is 16.3 Å². The first-order chi connectivity index (χ1) is 17.4. The minimum atomic E-state index is -0.578.